The molecule has 0 saturated heterocycles. The topological polar surface area (TPSA) is 107 Å². The second kappa shape index (κ2) is 5.57. The molecule has 0 fully saturated rings. The zero-order chi connectivity index (χ0) is 16.7. The molecule has 0 bridgehead atoms. The van der Waals surface area contributed by atoms with E-state index in [0.29, 0.717) is 23.5 Å². The van der Waals surface area contributed by atoms with Crippen molar-refractivity contribution >= 4 is 23.5 Å². The fraction of sp³-hybridized carbons (Fsp3) is 0.250. The molecule has 0 unspecified atom stereocenters. The van der Waals surface area contributed by atoms with Crippen LogP contribution >= 0.6 is 0 Å². The van der Waals surface area contributed by atoms with Gasteiger partial charge in [-0.25, -0.2) is 0 Å². The van der Waals surface area contributed by atoms with Crippen molar-refractivity contribution in [2.75, 3.05) is 18.4 Å². The molecule has 1 aromatic carbocycles. The number of carbonyl (C=O) groups is 3. The van der Waals surface area contributed by atoms with Gasteiger partial charge in [0.1, 0.15) is 6.54 Å². The van der Waals surface area contributed by atoms with E-state index in [1.54, 1.807) is 24.3 Å². The van der Waals surface area contributed by atoms with Crippen molar-refractivity contribution in [1.29, 1.82) is 0 Å². The zero-order valence-electron chi connectivity index (χ0n) is 12.8. The average molecular weight is 325 g/mol. The molecule has 3 N–H and O–H groups in total. The van der Waals surface area contributed by atoms with Crippen molar-refractivity contribution in [3.8, 4) is 0 Å². The van der Waals surface area contributed by atoms with Crippen molar-refractivity contribution in [2.24, 2.45) is 0 Å². The first-order chi connectivity index (χ1) is 11.6. The first-order valence-electron chi connectivity index (χ1n) is 7.67. The second-order valence-corrected chi connectivity index (χ2v) is 5.75. The van der Waals surface area contributed by atoms with Crippen LogP contribution in [0.3, 0.4) is 0 Å². The fourth-order valence-electron chi connectivity index (χ4n) is 3.04. The van der Waals surface area contributed by atoms with Crippen LogP contribution in [0.15, 0.2) is 24.3 Å². The summed E-state index contributed by atoms with van der Waals surface area (Å²) >= 11 is 0. The van der Waals surface area contributed by atoms with Crippen LogP contribution in [0.4, 0.5) is 5.82 Å². The lowest BCUT2D eigenvalue weighted by Crippen LogP contribution is -2.37. The van der Waals surface area contributed by atoms with Crippen LogP contribution in [-0.2, 0) is 17.8 Å². The molecule has 0 aliphatic carbocycles. The smallest absolute Gasteiger partial charge is 0.262 e. The van der Waals surface area contributed by atoms with Gasteiger partial charge in [-0.1, -0.05) is 12.1 Å². The molecule has 0 radical (unpaired) electrons. The summed E-state index contributed by atoms with van der Waals surface area (Å²) in [5.74, 6) is -0.872. The molecule has 3 amide bonds. The maximum absolute atomic E-state index is 12.3. The van der Waals surface area contributed by atoms with Crippen LogP contribution in [-0.4, -0.2) is 45.9 Å². The Labute approximate surface area is 137 Å². The summed E-state index contributed by atoms with van der Waals surface area (Å²) in [4.78, 5) is 37.8. The summed E-state index contributed by atoms with van der Waals surface area (Å²) in [6.45, 7) is 1.16. The van der Waals surface area contributed by atoms with Crippen LogP contribution in [0, 0.1) is 0 Å². The van der Waals surface area contributed by atoms with Crippen LogP contribution in [0.2, 0.25) is 0 Å². The lowest BCUT2D eigenvalue weighted by Gasteiger charge is -2.15. The molecule has 2 aliphatic rings. The van der Waals surface area contributed by atoms with Gasteiger partial charge in [0.05, 0.1) is 16.8 Å². The lowest BCUT2D eigenvalue weighted by atomic mass is 10.1. The number of rotatable bonds is 3. The molecule has 2 aliphatic heterocycles. The van der Waals surface area contributed by atoms with E-state index in [1.165, 1.54) is 0 Å². The summed E-state index contributed by atoms with van der Waals surface area (Å²) in [6, 6.07) is 6.56. The van der Waals surface area contributed by atoms with Crippen molar-refractivity contribution in [3.63, 3.8) is 0 Å². The van der Waals surface area contributed by atoms with Gasteiger partial charge >= 0.3 is 0 Å². The highest BCUT2D eigenvalue weighted by molar-refractivity contribution is 6.22. The number of hydrogen-bond donors (Lipinski definition) is 3. The zero-order valence-corrected chi connectivity index (χ0v) is 12.8. The van der Waals surface area contributed by atoms with Gasteiger partial charge < -0.3 is 10.6 Å². The largest absolute Gasteiger partial charge is 0.311 e. The van der Waals surface area contributed by atoms with E-state index in [0.717, 1.165) is 29.1 Å². The van der Waals surface area contributed by atoms with Crippen LogP contribution in [0.1, 0.15) is 32.0 Å². The third-order valence-corrected chi connectivity index (χ3v) is 4.24. The summed E-state index contributed by atoms with van der Waals surface area (Å²) in [5, 5.41) is 12.9. The number of H-pyrrole nitrogens is 1. The molecule has 0 spiro atoms. The number of anilines is 1. The predicted octanol–water partition coefficient (Wildman–Crippen LogP) is 0.290. The SMILES string of the molecule is O=C(CN1C(=O)c2ccccc2C1=O)Nc1n[nH]c2c1CCNC2. The quantitative estimate of drug-likeness (QED) is 0.703. The Kier molecular flexibility index (Phi) is 3.39. The maximum Gasteiger partial charge on any atom is 0.262 e. The molecule has 122 valence electrons. The highest BCUT2D eigenvalue weighted by Gasteiger charge is 2.36. The van der Waals surface area contributed by atoms with Crippen LogP contribution in [0.25, 0.3) is 0 Å². The molecule has 0 saturated carbocycles. The van der Waals surface area contributed by atoms with E-state index in [9.17, 15) is 14.4 Å². The van der Waals surface area contributed by atoms with E-state index >= 15 is 0 Å². The van der Waals surface area contributed by atoms with Gasteiger partial charge in [-0.05, 0) is 25.1 Å². The Morgan fingerprint density at radius 1 is 1.21 bits per heavy atom. The van der Waals surface area contributed by atoms with Crippen LogP contribution in [0.5, 0.6) is 0 Å². The molecular formula is C16H15N5O3. The van der Waals surface area contributed by atoms with E-state index in [1.807, 2.05) is 0 Å². The monoisotopic (exact) mass is 325 g/mol. The predicted molar refractivity (Wildman–Crippen MR) is 84.4 cm³/mol. The van der Waals surface area contributed by atoms with E-state index in [-0.39, 0.29) is 6.54 Å². The van der Waals surface area contributed by atoms with E-state index < -0.39 is 17.7 Å². The number of nitrogens with zero attached hydrogens (tertiary/aromatic N) is 2. The number of nitrogens with one attached hydrogen (secondary N) is 3. The molecule has 2 aromatic rings. The Bertz CT molecular complexity index is 822. The van der Waals surface area contributed by atoms with Gasteiger partial charge in [-0.2, -0.15) is 5.10 Å². The van der Waals surface area contributed by atoms with Crippen molar-refractivity contribution in [3.05, 3.63) is 46.6 Å². The van der Waals surface area contributed by atoms with Crippen molar-refractivity contribution < 1.29 is 14.4 Å². The molecular weight excluding hydrogens is 310 g/mol. The summed E-state index contributed by atoms with van der Waals surface area (Å²) < 4.78 is 0. The Morgan fingerprint density at radius 3 is 2.62 bits per heavy atom. The molecule has 8 heteroatoms. The standard InChI is InChI=1S/C16H15N5O3/c22-13(18-14-11-5-6-17-7-12(11)19-20-14)8-21-15(23)9-3-1-2-4-10(9)16(21)24/h1-4,17H,5-8H2,(H2,18,19,20,22). The number of imide groups is 1. The molecule has 8 nitrogen and oxygen atoms in total. The van der Waals surface area contributed by atoms with Crippen molar-refractivity contribution in [1.82, 2.24) is 20.4 Å². The van der Waals surface area contributed by atoms with Gasteiger partial charge in [0.25, 0.3) is 11.8 Å². The van der Waals surface area contributed by atoms with Gasteiger partial charge in [0.2, 0.25) is 5.91 Å². The number of hydrogen-bond acceptors (Lipinski definition) is 5. The van der Waals surface area contributed by atoms with E-state index in [4.69, 9.17) is 0 Å². The van der Waals surface area contributed by atoms with Crippen molar-refractivity contribution in [2.45, 2.75) is 13.0 Å². The molecule has 4 rings (SSSR count). The molecule has 0 atom stereocenters. The normalized spacial score (nSPS) is 16.1. The fourth-order valence-corrected chi connectivity index (χ4v) is 3.04. The Hall–Kier alpha value is -3.00. The Morgan fingerprint density at radius 2 is 1.92 bits per heavy atom. The highest BCUT2D eigenvalue weighted by atomic mass is 16.2. The first-order valence-corrected chi connectivity index (χ1v) is 7.67. The van der Waals surface area contributed by atoms with E-state index in [2.05, 4.69) is 20.8 Å². The minimum absolute atomic E-state index is 0.327. The average Bonchev–Trinajstić information content (AvgIpc) is 3.11. The summed E-state index contributed by atoms with van der Waals surface area (Å²) in [6.07, 6.45) is 0.758. The number of amides is 3. The number of aromatic amines is 1. The number of fused-ring (bicyclic) bond motifs is 2. The molecule has 1 aromatic heterocycles. The second-order valence-electron chi connectivity index (χ2n) is 5.75. The molecule has 3 heterocycles. The third-order valence-electron chi connectivity index (χ3n) is 4.24. The summed E-state index contributed by atoms with van der Waals surface area (Å²) in [7, 11) is 0. The summed E-state index contributed by atoms with van der Waals surface area (Å²) in [5.41, 5.74) is 2.57. The van der Waals surface area contributed by atoms with Gasteiger partial charge in [0, 0.05) is 12.1 Å². The van der Waals surface area contributed by atoms with Gasteiger partial charge in [-0.15, -0.1) is 0 Å². The van der Waals surface area contributed by atoms with Crippen LogP contribution < -0.4 is 10.6 Å². The minimum Gasteiger partial charge on any atom is -0.311 e. The van der Waals surface area contributed by atoms with Gasteiger partial charge in [-0.3, -0.25) is 24.4 Å². The lowest BCUT2D eigenvalue weighted by molar-refractivity contribution is -0.116. The third kappa shape index (κ3) is 2.28. The Balaban J connectivity index is 1.49. The minimum atomic E-state index is -0.447. The number of carbonyl (C=O) groups excluding carboxylic acids is 3. The first kappa shape index (κ1) is 14.6. The maximum atomic E-state index is 12.3. The number of aromatic nitrogens is 2. The van der Waals surface area contributed by atoms with Gasteiger partial charge in [0.15, 0.2) is 5.82 Å². The molecule has 24 heavy (non-hydrogen) atoms. The number of benzene rings is 1. The highest BCUT2D eigenvalue weighted by Crippen LogP contribution is 2.23.